The fourth-order valence-corrected chi connectivity index (χ4v) is 2.42. The molecule has 0 nitrogen and oxygen atoms in total. The summed E-state index contributed by atoms with van der Waals surface area (Å²) in [5.74, 6) is 1.27. The van der Waals surface area contributed by atoms with Crippen LogP contribution >= 0.6 is 0 Å². The van der Waals surface area contributed by atoms with Crippen molar-refractivity contribution in [3.05, 3.63) is 71.3 Å². The molecule has 2 aromatic rings. The average molecular weight is 238 g/mol. The van der Waals surface area contributed by atoms with E-state index in [0.717, 1.165) is 6.42 Å². The Hall–Kier alpha value is -1.56. The van der Waals surface area contributed by atoms with Crippen LogP contribution in [0.5, 0.6) is 0 Å². The number of aryl methyl sites for hydroxylation is 1. The Morgan fingerprint density at radius 2 is 1.44 bits per heavy atom. The maximum atomic E-state index is 2.31. The minimum Gasteiger partial charge on any atom is -0.0622 e. The van der Waals surface area contributed by atoms with E-state index in [1.54, 1.807) is 0 Å². The first-order valence-corrected chi connectivity index (χ1v) is 6.77. The van der Waals surface area contributed by atoms with Crippen molar-refractivity contribution in [2.75, 3.05) is 0 Å². The molecule has 0 saturated heterocycles. The SMILES string of the molecule is Cc1ccc(CC(c2ccccc2)C(C)C)cc1. The predicted octanol–water partition coefficient (Wildman–Crippen LogP) is 4.98. The van der Waals surface area contributed by atoms with Crippen molar-refractivity contribution in [1.29, 1.82) is 0 Å². The summed E-state index contributed by atoms with van der Waals surface area (Å²) < 4.78 is 0. The standard InChI is InChI=1S/C18H22/c1-14(2)18(17-7-5-4-6-8-17)13-16-11-9-15(3)10-12-16/h4-12,14,18H,13H2,1-3H3. The van der Waals surface area contributed by atoms with Gasteiger partial charge in [0.1, 0.15) is 0 Å². The van der Waals surface area contributed by atoms with Crippen molar-refractivity contribution >= 4 is 0 Å². The quantitative estimate of drug-likeness (QED) is 0.705. The number of hydrogen-bond acceptors (Lipinski definition) is 0. The van der Waals surface area contributed by atoms with Crippen LogP contribution < -0.4 is 0 Å². The Balaban J connectivity index is 2.19. The molecule has 0 heterocycles. The molecule has 0 amide bonds. The Morgan fingerprint density at radius 1 is 0.833 bits per heavy atom. The van der Waals surface area contributed by atoms with Crippen molar-refractivity contribution in [2.24, 2.45) is 5.92 Å². The minimum absolute atomic E-state index is 0.605. The molecular weight excluding hydrogens is 216 g/mol. The Labute approximate surface area is 111 Å². The zero-order valence-electron chi connectivity index (χ0n) is 11.6. The highest BCUT2D eigenvalue weighted by Gasteiger charge is 2.15. The molecule has 0 aliphatic rings. The summed E-state index contributed by atoms with van der Waals surface area (Å²) in [6.45, 7) is 6.76. The molecule has 0 bridgehead atoms. The fourth-order valence-electron chi connectivity index (χ4n) is 2.42. The second kappa shape index (κ2) is 5.86. The molecule has 0 heteroatoms. The van der Waals surface area contributed by atoms with Crippen LogP contribution in [0.25, 0.3) is 0 Å². The summed E-state index contributed by atoms with van der Waals surface area (Å²) in [5.41, 5.74) is 4.22. The van der Waals surface area contributed by atoms with E-state index >= 15 is 0 Å². The largest absolute Gasteiger partial charge is 0.0622 e. The monoisotopic (exact) mass is 238 g/mol. The summed E-state index contributed by atoms with van der Waals surface area (Å²) in [4.78, 5) is 0. The summed E-state index contributed by atoms with van der Waals surface area (Å²) in [6, 6.07) is 19.8. The van der Waals surface area contributed by atoms with Crippen molar-refractivity contribution in [2.45, 2.75) is 33.1 Å². The smallest absolute Gasteiger partial charge is 0.00984 e. The lowest BCUT2D eigenvalue weighted by molar-refractivity contribution is 0.495. The molecule has 2 rings (SSSR count). The molecule has 0 aliphatic carbocycles. The summed E-state index contributed by atoms with van der Waals surface area (Å²) in [7, 11) is 0. The summed E-state index contributed by atoms with van der Waals surface area (Å²) in [5, 5.41) is 0. The molecule has 94 valence electrons. The molecular formula is C18H22. The molecule has 0 N–H and O–H groups in total. The third-order valence-corrected chi connectivity index (χ3v) is 3.61. The van der Waals surface area contributed by atoms with E-state index in [2.05, 4.69) is 75.4 Å². The lowest BCUT2D eigenvalue weighted by atomic mass is 9.83. The zero-order chi connectivity index (χ0) is 13.0. The molecule has 0 saturated carbocycles. The lowest BCUT2D eigenvalue weighted by Crippen LogP contribution is -2.10. The highest BCUT2D eigenvalue weighted by molar-refractivity contribution is 5.26. The van der Waals surface area contributed by atoms with Crippen molar-refractivity contribution in [1.82, 2.24) is 0 Å². The zero-order valence-corrected chi connectivity index (χ0v) is 11.6. The fraction of sp³-hybridized carbons (Fsp3) is 0.333. The van der Waals surface area contributed by atoms with Gasteiger partial charge < -0.3 is 0 Å². The summed E-state index contributed by atoms with van der Waals surface area (Å²) >= 11 is 0. The van der Waals surface area contributed by atoms with Gasteiger partial charge in [0.2, 0.25) is 0 Å². The van der Waals surface area contributed by atoms with Crippen LogP contribution in [0.1, 0.15) is 36.5 Å². The number of rotatable bonds is 4. The second-order valence-corrected chi connectivity index (χ2v) is 5.45. The van der Waals surface area contributed by atoms with Gasteiger partial charge in [0.15, 0.2) is 0 Å². The van der Waals surface area contributed by atoms with E-state index in [0.29, 0.717) is 11.8 Å². The summed E-state index contributed by atoms with van der Waals surface area (Å²) in [6.07, 6.45) is 1.13. The van der Waals surface area contributed by atoms with Gasteiger partial charge in [-0.2, -0.15) is 0 Å². The number of benzene rings is 2. The third kappa shape index (κ3) is 3.22. The molecule has 0 aromatic heterocycles. The van der Waals surface area contributed by atoms with Crippen LogP contribution in [0.15, 0.2) is 54.6 Å². The second-order valence-electron chi connectivity index (χ2n) is 5.45. The van der Waals surface area contributed by atoms with Crippen molar-refractivity contribution in [3.63, 3.8) is 0 Å². The van der Waals surface area contributed by atoms with Gasteiger partial charge in [-0.15, -0.1) is 0 Å². The van der Waals surface area contributed by atoms with E-state index < -0.39 is 0 Å². The normalized spacial score (nSPS) is 12.7. The molecule has 1 unspecified atom stereocenters. The highest BCUT2D eigenvalue weighted by Crippen LogP contribution is 2.28. The van der Waals surface area contributed by atoms with E-state index in [-0.39, 0.29) is 0 Å². The van der Waals surface area contributed by atoms with Gasteiger partial charge in [0.25, 0.3) is 0 Å². The van der Waals surface area contributed by atoms with Gasteiger partial charge in [-0.25, -0.2) is 0 Å². The molecule has 0 aliphatic heterocycles. The van der Waals surface area contributed by atoms with Crippen molar-refractivity contribution < 1.29 is 0 Å². The molecule has 1 atom stereocenters. The van der Waals surface area contributed by atoms with Crippen LogP contribution in [0, 0.1) is 12.8 Å². The average Bonchev–Trinajstić information content (AvgIpc) is 2.38. The Bertz CT molecular complexity index is 465. The van der Waals surface area contributed by atoms with Gasteiger partial charge in [-0.1, -0.05) is 74.0 Å². The maximum absolute atomic E-state index is 2.31. The molecule has 0 radical (unpaired) electrons. The Morgan fingerprint density at radius 3 is 2.00 bits per heavy atom. The van der Waals surface area contributed by atoms with Crippen LogP contribution in [-0.2, 0) is 6.42 Å². The Kier molecular flexibility index (Phi) is 4.19. The van der Waals surface area contributed by atoms with Gasteiger partial charge in [-0.3, -0.25) is 0 Å². The molecule has 2 aromatic carbocycles. The van der Waals surface area contributed by atoms with Crippen molar-refractivity contribution in [3.8, 4) is 0 Å². The van der Waals surface area contributed by atoms with Crippen LogP contribution in [-0.4, -0.2) is 0 Å². The minimum atomic E-state index is 0.605. The van der Waals surface area contributed by atoms with Crippen LogP contribution in [0.4, 0.5) is 0 Å². The van der Waals surface area contributed by atoms with Gasteiger partial charge in [-0.05, 0) is 36.3 Å². The first-order valence-electron chi connectivity index (χ1n) is 6.77. The molecule has 0 fully saturated rings. The topological polar surface area (TPSA) is 0 Å². The predicted molar refractivity (Wildman–Crippen MR) is 78.9 cm³/mol. The first-order chi connectivity index (χ1) is 8.66. The highest BCUT2D eigenvalue weighted by atomic mass is 14.2. The van der Waals surface area contributed by atoms with Crippen LogP contribution in [0.3, 0.4) is 0 Å². The van der Waals surface area contributed by atoms with E-state index in [9.17, 15) is 0 Å². The lowest BCUT2D eigenvalue weighted by Gasteiger charge is -2.21. The molecule has 0 spiro atoms. The van der Waals surface area contributed by atoms with Crippen LogP contribution in [0.2, 0.25) is 0 Å². The van der Waals surface area contributed by atoms with E-state index in [4.69, 9.17) is 0 Å². The number of hydrogen-bond donors (Lipinski definition) is 0. The third-order valence-electron chi connectivity index (χ3n) is 3.61. The first kappa shape index (κ1) is 12.9. The van der Waals surface area contributed by atoms with E-state index in [1.807, 2.05) is 0 Å². The van der Waals surface area contributed by atoms with Gasteiger partial charge in [0.05, 0.1) is 0 Å². The van der Waals surface area contributed by atoms with E-state index in [1.165, 1.54) is 16.7 Å². The van der Waals surface area contributed by atoms with Gasteiger partial charge in [0, 0.05) is 0 Å². The van der Waals surface area contributed by atoms with Gasteiger partial charge >= 0.3 is 0 Å². The molecule has 18 heavy (non-hydrogen) atoms. The maximum Gasteiger partial charge on any atom is -0.00984 e.